The van der Waals surface area contributed by atoms with Crippen molar-refractivity contribution in [2.24, 2.45) is 5.92 Å². The van der Waals surface area contributed by atoms with Crippen molar-refractivity contribution in [1.29, 1.82) is 0 Å². The highest BCUT2D eigenvalue weighted by Gasteiger charge is 2.20. The maximum absolute atomic E-state index is 12.1. The van der Waals surface area contributed by atoms with Gasteiger partial charge in [-0.2, -0.15) is 5.10 Å². The first-order chi connectivity index (χ1) is 18.0. The van der Waals surface area contributed by atoms with Crippen LogP contribution in [0.3, 0.4) is 0 Å². The minimum Gasteiger partial charge on any atom is -0.353 e. The smallest absolute Gasteiger partial charge is 0.226 e. The van der Waals surface area contributed by atoms with Gasteiger partial charge in [0.15, 0.2) is 0 Å². The monoisotopic (exact) mass is 495 g/mol. The summed E-state index contributed by atoms with van der Waals surface area (Å²) >= 11 is 0. The van der Waals surface area contributed by atoms with Crippen LogP contribution < -0.4 is 10.2 Å². The number of nitrogens with zero attached hydrogens (tertiary/aromatic N) is 6. The molecule has 0 aromatic carbocycles. The molecule has 6 heterocycles. The number of anilines is 2. The third kappa shape index (κ3) is 4.40. The largest absolute Gasteiger partial charge is 0.353 e. The summed E-state index contributed by atoms with van der Waals surface area (Å²) in [5.74, 6) is 0.826. The number of fused-ring (bicyclic) bond motifs is 2. The second kappa shape index (κ2) is 9.29. The molecule has 6 rings (SSSR count). The molecule has 10 heteroatoms. The van der Waals surface area contributed by atoms with Crippen LogP contribution in [0.2, 0.25) is 0 Å². The Hall–Kier alpha value is -4.31. The fraction of sp³-hybridized carbons (Fsp3) is 0.296. The van der Waals surface area contributed by atoms with E-state index in [-0.39, 0.29) is 11.8 Å². The van der Waals surface area contributed by atoms with E-state index in [1.165, 1.54) is 0 Å². The molecule has 1 aliphatic heterocycles. The fourth-order valence-electron chi connectivity index (χ4n) is 4.62. The SMILES string of the molecule is CC(C)C(=O)Nc1cncc(-c2ccc3[nH]nc(-c4cc5c(N6CCN(C)CC6)nccc5[nH]4)c3n2)c1. The molecule has 37 heavy (non-hydrogen) atoms. The highest BCUT2D eigenvalue weighted by atomic mass is 16.1. The van der Waals surface area contributed by atoms with Crippen molar-refractivity contribution >= 4 is 39.3 Å². The molecule has 5 aromatic heterocycles. The van der Waals surface area contributed by atoms with Crippen LogP contribution in [-0.4, -0.2) is 74.2 Å². The van der Waals surface area contributed by atoms with Gasteiger partial charge in [0.05, 0.1) is 34.3 Å². The minimum absolute atomic E-state index is 0.0521. The van der Waals surface area contributed by atoms with Gasteiger partial charge in [-0.1, -0.05) is 13.8 Å². The lowest BCUT2D eigenvalue weighted by atomic mass is 10.1. The quantitative estimate of drug-likeness (QED) is 0.338. The number of carbonyl (C=O) groups is 1. The number of pyridine rings is 3. The molecule has 0 aliphatic carbocycles. The number of carbonyl (C=O) groups excluding carboxylic acids is 1. The van der Waals surface area contributed by atoms with Crippen molar-refractivity contribution in [3.8, 4) is 22.6 Å². The molecule has 1 aliphatic rings. The molecular weight excluding hydrogens is 466 g/mol. The van der Waals surface area contributed by atoms with E-state index in [2.05, 4.69) is 48.4 Å². The van der Waals surface area contributed by atoms with E-state index in [0.29, 0.717) is 5.69 Å². The Morgan fingerprint density at radius 2 is 1.89 bits per heavy atom. The Labute approximate surface area is 214 Å². The zero-order chi connectivity index (χ0) is 25.5. The summed E-state index contributed by atoms with van der Waals surface area (Å²) in [6.07, 6.45) is 5.24. The van der Waals surface area contributed by atoms with Crippen molar-refractivity contribution in [1.82, 2.24) is 35.0 Å². The lowest BCUT2D eigenvalue weighted by molar-refractivity contribution is -0.118. The number of H-pyrrole nitrogens is 2. The van der Waals surface area contributed by atoms with E-state index in [1.54, 1.807) is 12.4 Å². The van der Waals surface area contributed by atoms with Gasteiger partial charge < -0.3 is 20.1 Å². The third-order valence-corrected chi connectivity index (χ3v) is 6.82. The van der Waals surface area contributed by atoms with Gasteiger partial charge in [0.2, 0.25) is 5.91 Å². The molecule has 1 amide bonds. The summed E-state index contributed by atoms with van der Waals surface area (Å²) in [7, 11) is 2.15. The Kier molecular flexibility index (Phi) is 5.80. The topological polar surface area (TPSA) is 119 Å². The summed E-state index contributed by atoms with van der Waals surface area (Å²) in [4.78, 5) is 34.3. The van der Waals surface area contributed by atoms with E-state index in [1.807, 2.05) is 44.3 Å². The third-order valence-electron chi connectivity index (χ3n) is 6.82. The van der Waals surface area contributed by atoms with Crippen LogP contribution in [-0.2, 0) is 4.79 Å². The van der Waals surface area contributed by atoms with Gasteiger partial charge in [-0.25, -0.2) is 9.97 Å². The summed E-state index contributed by atoms with van der Waals surface area (Å²) < 4.78 is 0. The number of hydrogen-bond donors (Lipinski definition) is 3. The molecule has 1 saturated heterocycles. The summed E-state index contributed by atoms with van der Waals surface area (Å²) in [6, 6.07) is 9.89. The Morgan fingerprint density at radius 3 is 2.70 bits per heavy atom. The Morgan fingerprint density at radius 1 is 1.05 bits per heavy atom. The molecule has 0 spiro atoms. The van der Waals surface area contributed by atoms with Crippen molar-refractivity contribution < 1.29 is 4.79 Å². The van der Waals surface area contributed by atoms with Crippen LogP contribution in [0.1, 0.15) is 13.8 Å². The number of hydrogen-bond acceptors (Lipinski definition) is 7. The molecule has 5 aromatic rings. The number of likely N-dealkylation sites (N-methyl/N-ethyl adjacent to an activating group) is 1. The summed E-state index contributed by atoms with van der Waals surface area (Å²) in [5.41, 5.74) is 6.45. The average molecular weight is 496 g/mol. The number of amides is 1. The summed E-state index contributed by atoms with van der Waals surface area (Å²) in [5, 5.41) is 11.7. The molecule has 0 radical (unpaired) electrons. The van der Waals surface area contributed by atoms with Gasteiger partial charge in [0.25, 0.3) is 0 Å². The molecule has 0 unspecified atom stereocenters. The standard InChI is InChI=1S/C27H29N9O/c1-16(2)27(37)30-18-12-17(14-28-15-18)20-4-5-22-24(32-20)25(34-33-22)23-13-19-21(31-23)6-7-29-26(19)36-10-8-35(3)9-11-36/h4-7,12-16,31H,8-11H2,1-3H3,(H,30,37)(H,33,34). The first-order valence-electron chi connectivity index (χ1n) is 12.5. The molecule has 10 nitrogen and oxygen atoms in total. The zero-order valence-corrected chi connectivity index (χ0v) is 21.1. The van der Waals surface area contributed by atoms with E-state index in [9.17, 15) is 4.79 Å². The number of nitrogens with one attached hydrogen (secondary N) is 3. The highest BCUT2D eigenvalue weighted by Crippen LogP contribution is 2.33. The fourth-order valence-corrected chi connectivity index (χ4v) is 4.62. The normalized spacial score (nSPS) is 14.6. The predicted molar refractivity (Wildman–Crippen MR) is 145 cm³/mol. The van der Waals surface area contributed by atoms with Crippen LogP contribution in [0.25, 0.3) is 44.6 Å². The van der Waals surface area contributed by atoms with Crippen molar-refractivity contribution in [2.45, 2.75) is 13.8 Å². The van der Waals surface area contributed by atoms with Gasteiger partial charge in [0.1, 0.15) is 17.0 Å². The molecule has 1 fully saturated rings. The maximum Gasteiger partial charge on any atom is 0.226 e. The zero-order valence-electron chi connectivity index (χ0n) is 21.1. The van der Waals surface area contributed by atoms with E-state index >= 15 is 0 Å². The van der Waals surface area contributed by atoms with Gasteiger partial charge in [-0.3, -0.25) is 14.9 Å². The van der Waals surface area contributed by atoms with Gasteiger partial charge in [-0.05, 0) is 37.4 Å². The molecule has 0 saturated carbocycles. The van der Waals surface area contributed by atoms with Gasteiger partial charge >= 0.3 is 0 Å². The number of aromatic nitrogens is 6. The highest BCUT2D eigenvalue weighted by molar-refractivity contribution is 5.98. The molecular formula is C27H29N9O. The average Bonchev–Trinajstić information content (AvgIpc) is 3.53. The second-order valence-corrected chi connectivity index (χ2v) is 9.84. The molecule has 188 valence electrons. The molecule has 3 N–H and O–H groups in total. The first-order valence-corrected chi connectivity index (χ1v) is 12.5. The Bertz CT molecular complexity index is 1590. The Balaban J connectivity index is 1.36. The van der Waals surface area contributed by atoms with Crippen molar-refractivity contribution in [3.05, 3.63) is 48.9 Å². The summed E-state index contributed by atoms with van der Waals surface area (Å²) in [6.45, 7) is 7.65. The number of aromatic amines is 2. The first kappa shape index (κ1) is 23.1. The minimum atomic E-state index is -0.116. The van der Waals surface area contributed by atoms with Gasteiger partial charge in [-0.15, -0.1) is 0 Å². The lowest BCUT2D eigenvalue weighted by Gasteiger charge is -2.33. The van der Waals surface area contributed by atoms with Crippen LogP contribution >= 0.6 is 0 Å². The van der Waals surface area contributed by atoms with Crippen LogP contribution in [0.15, 0.2) is 48.9 Å². The van der Waals surface area contributed by atoms with Crippen molar-refractivity contribution in [3.63, 3.8) is 0 Å². The van der Waals surface area contributed by atoms with Crippen LogP contribution in [0.4, 0.5) is 11.5 Å². The van der Waals surface area contributed by atoms with E-state index < -0.39 is 0 Å². The predicted octanol–water partition coefficient (Wildman–Crippen LogP) is 3.91. The van der Waals surface area contributed by atoms with Crippen molar-refractivity contribution in [2.75, 3.05) is 43.4 Å². The molecule has 0 atom stereocenters. The molecule has 0 bridgehead atoms. The van der Waals surface area contributed by atoms with Gasteiger partial charge in [0, 0.05) is 55.4 Å². The maximum atomic E-state index is 12.1. The number of rotatable bonds is 5. The van der Waals surface area contributed by atoms with E-state index in [4.69, 9.17) is 9.97 Å². The second-order valence-electron chi connectivity index (χ2n) is 9.84. The number of piperazine rings is 1. The lowest BCUT2D eigenvalue weighted by Crippen LogP contribution is -2.44. The van der Waals surface area contributed by atoms with Crippen LogP contribution in [0, 0.1) is 5.92 Å². The van der Waals surface area contributed by atoms with Crippen LogP contribution in [0.5, 0.6) is 0 Å². The van der Waals surface area contributed by atoms with E-state index in [0.717, 1.165) is 76.6 Å².